The SMILES string of the molecule is COc1cccc(C(C)(C)NC[C@H](O)[C@H](Cc2ccccc2)N(C=O)c2ccccc2)c1. The number of aliphatic hydroxyl groups is 1. The molecule has 0 heterocycles. The van der Waals surface area contributed by atoms with E-state index in [2.05, 4.69) is 19.2 Å². The number of nitrogens with zero attached hydrogens (tertiary/aromatic N) is 1. The van der Waals surface area contributed by atoms with Crippen molar-refractivity contribution in [1.29, 1.82) is 0 Å². The van der Waals surface area contributed by atoms with E-state index in [1.807, 2.05) is 84.9 Å². The minimum atomic E-state index is -0.787. The van der Waals surface area contributed by atoms with Crippen LogP contribution in [0.5, 0.6) is 5.75 Å². The van der Waals surface area contributed by atoms with Crippen molar-refractivity contribution in [2.24, 2.45) is 0 Å². The van der Waals surface area contributed by atoms with Crippen molar-refractivity contribution < 1.29 is 14.6 Å². The summed E-state index contributed by atoms with van der Waals surface area (Å²) >= 11 is 0. The molecule has 0 fully saturated rings. The van der Waals surface area contributed by atoms with Crippen LogP contribution in [0.15, 0.2) is 84.9 Å². The van der Waals surface area contributed by atoms with Crippen molar-refractivity contribution in [3.63, 3.8) is 0 Å². The molecule has 0 unspecified atom stereocenters. The highest BCUT2D eigenvalue weighted by molar-refractivity contribution is 5.76. The molecule has 2 atom stereocenters. The summed E-state index contributed by atoms with van der Waals surface area (Å²) in [4.78, 5) is 13.7. The molecule has 0 aliphatic heterocycles. The Hall–Kier alpha value is -3.15. The van der Waals surface area contributed by atoms with E-state index in [-0.39, 0.29) is 0 Å². The third-order valence-corrected chi connectivity index (χ3v) is 5.80. The van der Waals surface area contributed by atoms with Gasteiger partial charge < -0.3 is 20.1 Å². The lowest BCUT2D eigenvalue weighted by Crippen LogP contribution is -2.51. The third-order valence-electron chi connectivity index (χ3n) is 5.80. The lowest BCUT2D eigenvalue weighted by Gasteiger charge is -2.35. The average Bonchev–Trinajstić information content (AvgIpc) is 2.84. The second-order valence-electron chi connectivity index (χ2n) is 8.41. The fourth-order valence-electron chi connectivity index (χ4n) is 3.82. The fourth-order valence-corrected chi connectivity index (χ4v) is 3.82. The molecule has 0 bridgehead atoms. The number of para-hydroxylation sites is 1. The Morgan fingerprint density at radius 3 is 2.28 bits per heavy atom. The topological polar surface area (TPSA) is 61.8 Å². The van der Waals surface area contributed by atoms with Crippen LogP contribution in [0.25, 0.3) is 0 Å². The quantitative estimate of drug-likeness (QED) is 0.447. The molecule has 0 aromatic heterocycles. The number of aliphatic hydroxyl groups excluding tert-OH is 1. The first-order valence-corrected chi connectivity index (χ1v) is 10.8. The summed E-state index contributed by atoms with van der Waals surface area (Å²) in [5.74, 6) is 0.788. The number of carbonyl (C=O) groups excluding carboxylic acids is 1. The van der Waals surface area contributed by atoms with Gasteiger partial charge in [0.2, 0.25) is 6.41 Å². The lowest BCUT2D eigenvalue weighted by atomic mass is 9.93. The lowest BCUT2D eigenvalue weighted by molar-refractivity contribution is -0.108. The second-order valence-corrected chi connectivity index (χ2v) is 8.41. The van der Waals surface area contributed by atoms with Gasteiger partial charge in [0, 0.05) is 17.8 Å². The Labute approximate surface area is 190 Å². The summed E-state index contributed by atoms with van der Waals surface area (Å²) in [6.07, 6.45) is 0.557. The number of anilines is 1. The minimum Gasteiger partial charge on any atom is -0.497 e. The molecular weight excluding hydrogens is 400 g/mol. The normalized spacial score (nSPS) is 13.2. The minimum absolute atomic E-state index is 0.318. The molecule has 3 aromatic rings. The maximum Gasteiger partial charge on any atom is 0.214 e. The van der Waals surface area contributed by atoms with Crippen LogP contribution < -0.4 is 15.0 Å². The van der Waals surface area contributed by atoms with Gasteiger partial charge >= 0.3 is 0 Å². The van der Waals surface area contributed by atoms with Crippen LogP contribution in [0.4, 0.5) is 5.69 Å². The molecule has 5 nitrogen and oxygen atoms in total. The van der Waals surface area contributed by atoms with Gasteiger partial charge in [-0.15, -0.1) is 0 Å². The summed E-state index contributed by atoms with van der Waals surface area (Å²) < 4.78 is 5.35. The molecule has 1 amide bonds. The zero-order valence-corrected chi connectivity index (χ0v) is 18.9. The number of hydrogen-bond donors (Lipinski definition) is 2. The highest BCUT2D eigenvalue weighted by atomic mass is 16.5. The number of carbonyl (C=O) groups is 1. The molecule has 5 heteroatoms. The first-order valence-electron chi connectivity index (χ1n) is 10.8. The van der Waals surface area contributed by atoms with Crippen molar-refractivity contribution >= 4 is 12.1 Å². The van der Waals surface area contributed by atoms with E-state index in [1.165, 1.54) is 0 Å². The van der Waals surface area contributed by atoms with E-state index in [4.69, 9.17) is 4.74 Å². The number of hydrogen-bond acceptors (Lipinski definition) is 4. The first-order chi connectivity index (χ1) is 15.4. The Morgan fingerprint density at radius 1 is 1.00 bits per heavy atom. The standard InChI is InChI=1S/C27H32N2O3/c1-27(2,22-13-10-16-24(18-22)32-3)28-19-26(31)25(17-21-11-6-4-7-12-21)29(20-30)23-14-8-5-9-15-23/h4-16,18,20,25-26,28,31H,17,19H2,1-3H3/t25-,26-/m0/s1. The zero-order chi connectivity index (χ0) is 23.0. The fraction of sp³-hybridized carbons (Fsp3) is 0.296. The number of benzene rings is 3. The number of rotatable bonds is 11. The van der Waals surface area contributed by atoms with E-state index in [1.54, 1.807) is 12.0 Å². The van der Waals surface area contributed by atoms with E-state index in [0.717, 1.165) is 29.0 Å². The van der Waals surface area contributed by atoms with E-state index in [0.29, 0.717) is 13.0 Å². The largest absolute Gasteiger partial charge is 0.497 e. The first kappa shape index (κ1) is 23.5. The summed E-state index contributed by atoms with van der Waals surface area (Å²) in [6, 6.07) is 26.8. The highest BCUT2D eigenvalue weighted by Crippen LogP contribution is 2.25. The van der Waals surface area contributed by atoms with Crippen molar-refractivity contribution in [2.45, 2.75) is 38.0 Å². The molecule has 3 rings (SSSR count). The van der Waals surface area contributed by atoms with Crippen LogP contribution in [-0.4, -0.2) is 37.3 Å². The molecule has 0 spiro atoms. The van der Waals surface area contributed by atoms with Gasteiger partial charge in [-0.25, -0.2) is 0 Å². The molecule has 32 heavy (non-hydrogen) atoms. The van der Waals surface area contributed by atoms with Crippen molar-refractivity contribution in [1.82, 2.24) is 5.32 Å². The van der Waals surface area contributed by atoms with Crippen LogP contribution in [0.2, 0.25) is 0 Å². The second kappa shape index (κ2) is 10.9. The van der Waals surface area contributed by atoms with Crippen LogP contribution in [0, 0.1) is 0 Å². The molecule has 2 N–H and O–H groups in total. The molecule has 0 aliphatic carbocycles. The predicted molar refractivity (Wildman–Crippen MR) is 129 cm³/mol. The molecule has 0 aliphatic rings. The summed E-state index contributed by atoms with van der Waals surface area (Å²) in [5, 5.41) is 14.7. The molecule has 3 aromatic carbocycles. The monoisotopic (exact) mass is 432 g/mol. The molecule has 0 radical (unpaired) electrons. The number of methoxy groups -OCH3 is 1. The maximum atomic E-state index is 12.1. The van der Waals surface area contributed by atoms with Crippen molar-refractivity contribution in [2.75, 3.05) is 18.6 Å². The summed E-state index contributed by atoms with van der Waals surface area (Å²) in [5.41, 5.74) is 2.48. The van der Waals surface area contributed by atoms with Crippen LogP contribution in [0.3, 0.4) is 0 Å². The zero-order valence-electron chi connectivity index (χ0n) is 18.9. The Kier molecular flexibility index (Phi) is 8.03. The average molecular weight is 433 g/mol. The van der Waals surface area contributed by atoms with Gasteiger partial charge in [-0.2, -0.15) is 0 Å². The maximum absolute atomic E-state index is 12.1. The van der Waals surface area contributed by atoms with Gasteiger partial charge in [0.05, 0.1) is 19.3 Å². The molecule has 0 saturated carbocycles. The smallest absolute Gasteiger partial charge is 0.214 e. The molecule has 168 valence electrons. The Balaban J connectivity index is 1.81. The van der Waals surface area contributed by atoms with E-state index < -0.39 is 17.7 Å². The third kappa shape index (κ3) is 5.96. The van der Waals surface area contributed by atoms with Crippen molar-refractivity contribution in [3.8, 4) is 5.75 Å². The number of amides is 1. The van der Waals surface area contributed by atoms with Gasteiger partial charge in [0.1, 0.15) is 5.75 Å². The predicted octanol–water partition coefficient (Wildman–Crippen LogP) is 4.16. The molecular formula is C27H32N2O3. The van der Waals surface area contributed by atoms with E-state index in [9.17, 15) is 9.90 Å². The Morgan fingerprint density at radius 2 is 1.66 bits per heavy atom. The van der Waals surface area contributed by atoms with E-state index >= 15 is 0 Å². The highest BCUT2D eigenvalue weighted by Gasteiger charge is 2.29. The van der Waals surface area contributed by atoms with Gasteiger partial charge in [-0.1, -0.05) is 60.7 Å². The summed E-state index contributed by atoms with van der Waals surface area (Å²) in [7, 11) is 1.65. The van der Waals surface area contributed by atoms with Gasteiger partial charge in [-0.05, 0) is 55.7 Å². The van der Waals surface area contributed by atoms with Gasteiger partial charge in [0.25, 0.3) is 0 Å². The number of nitrogens with one attached hydrogen (secondary N) is 1. The van der Waals surface area contributed by atoms with Crippen LogP contribution >= 0.6 is 0 Å². The van der Waals surface area contributed by atoms with Gasteiger partial charge in [-0.3, -0.25) is 4.79 Å². The van der Waals surface area contributed by atoms with Crippen LogP contribution in [-0.2, 0) is 16.8 Å². The van der Waals surface area contributed by atoms with Gasteiger partial charge in [0.15, 0.2) is 0 Å². The van der Waals surface area contributed by atoms with Crippen molar-refractivity contribution in [3.05, 3.63) is 96.1 Å². The summed E-state index contributed by atoms with van der Waals surface area (Å²) in [6.45, 7) is 4.45. The van der Waals surface area contributed by atoms with Crippen LogP contribution in [0.1, 0.15) is 25.0 Å². The molecule has 0 saturated heterocycles. The number of ether oxygens (including phenoxy) is 1. The Bertz CT molecular complexity index is 976.